The van der Waals surface area contributed by atoms with Crippen LogP contribution in [-0.4, -0.2) is 61.0 Å². The Morgan fingerprint density at radius 1 is 1.29 bits per heavy atom. The van der Waals surface area contributed by atoms with Gasteiger partial charge < -0.3 is 25.6 Å². The van der Waals surface area contributed by atoms with Crippen LogP contribution in [0, 0.1) is 0 Å². The van der Waals surface area contributed by atoms with Gasteiger partial charge in [-0.15, -0.1) is 0 Å². The summed E-state index contributed by atoms with van der Waals surface area (Å²) >= 11 is 0. The summed E-state index contributed by atoms with van der Waals surface area (Å²) in [5.74, 6) is -1.45. The number of hydrogen-bond acceptors (Lipinski definition) is 4. The van der Waals surface area contributed by atoms with Crippen LogP contribution in [0.2, 0.25) is 0 Å². The minimum Gasteiger partial charge on any atom is -0.479 e. The van der Waals surface area contributed by atoms with E-state index in [0.29, 0.717) is 0 Å². The molecule has 0 fully saturated rings. The Morgan fingerprint density at radius 3 is 2.47 bits per heavy atom. The number of carbonyl (C=O) groups is 2. The van der Waals surface area contributed by atoms with Gasteiger partial charge in [-0.2, -0.15) is 0 Å². The van der Waals surface area contributed by atoms with Crippen LogP contribution in [0.4, 0.5) is 13.6 Å². The molecule has 7 nitrogen and oxygen atoms in total. The third-order valence-corrected chi connectivity index (χ3v) is 1.52. The number of hydrogen-bond donors (Lipinski definition) is 4. The molecule has 2 amide bonds. The first-order valence-corrected chi connectivity index (χ1v) is 4.72. The molecule has 0 unspecified atom stereocenters. The van der Waals surface area contributed by atoms with E-state index in [0.717, 1.165) is 0 Å². The predicted octanol–water partition coefficient (Wildman–Crippen LogP) is -0.987. The summed E-state index contributed by atoms with van der Waals surface area (Å²) in [6.45, 7) is -1.24. The number of halogens is 2. The monoisotopic (exact) mass is 256 g/mol. The number of alkyl halides is 2. The fraction of sp³-hybridized carbons (Fsp3) is 0.750. The van der Waals surface area contributed by atoms with Crippen LogP contribution in [0.3, 0.4) is 0 Å². The standard InChI is InChI=1S/C8H14F2N2O5/c9-6(10)4-17-2-1-11-8(16)12-3-5(13)7(14)15/h5-6,13H,1-4H2,(H,14,15)(H2,11,12,16)/t5-/m0/s1. The zero-order chi connectivity index (χ0) is 13.3. The zero-order valence-corrected chi connectivity index (χ0v) is 8.86. The first-order valence-electron chi connectivity index (χ1n) is 4.72. The molecule has 0 bridgehead atoms. The minimum atomic E-state index is -2.56. The number of ether oxygens (including phenoxy) is 1. The molecule has 0 radical (unpaired) electrons. The molecule has 4 N–H and O–H groups in total. The van der Waals surface area contributed by atoms with E-state index in [4.69, 9.17) is 10.2 Å². The SMILES string of the molecule is O=C(NCCOCC(F)F)NC[C@H](O)C(=O)O. The number of rotatable bonds is 8. The van der Waals surface area contributed by atoms with Crippen molar-refractivity contribution in [2.45, 2.75) is 12.5 Å². The fourth-order valence-corrected chi connectivity index (χ4v) is 0.748. The first-order chi connectivity index (χ1) is 7.93. The predicted molar refractivity (Wildman–Crippen MR) is 51.9 cm³/mol. The van der Waals surface area contributed by atoms with E-state index in [1.165, 1.54) is 0 Å². The minimum absolute atomic E-state index is 0.00171. The summed E-state index contributed by atoms with van der Waals surface area (Å²) in [6, 6.07) is -0.717. The Labute approximate surface area is 95.7 Å². The summed E-state index contributed by atoms with van der Waals surface area (Å²) < 4.78 is 27.7. The molecule has 0 saturated carbocycles. The van der Waals surface area contributed by atoms with Gasteiger partial charge in [0.05, 0.1) is 13.2 Å². The van der Waals surface area contributed by atoms with E-state index in [-0.39, 0.29) is 13.2 Å². The molecular formula is C8H14F2N2O5. The van der Waals surface area contributed by atoms with Gasteiger partial charge in [0.15, 0.2) is 6.10 Å². The smallest absolute Gasteiger partial charge is 0.334 e. The lowest BCUT2D eigenvalue weighted by atomic mass is 10.4. The van der Waals surface area contributed by atoms with Gasteiger partial charge >= 0.3 is 12.0 Å². The average Bonchev–Trinajstić information content (AvgIpc) is 2.24. The number of carbonyl (C=O) groups excluding carboxylic acids is 1. The molecule has 9 heteroatoms. The van der Waals surface area contributed by atoms with Crippen LogP contribution >= 0.6 is 0 Å². The van der Waals surface area contributed by atoms with Crippen molar-refractivity contribution in [1.29, 1.82) is 0 Å². The number of carboxylic acid groups (broad SMARTS) is 1. The van der Waals surface area contributed by atoms with Gasteiger partial charge in [-0.1, -0.05) is 0 Å². The third kappa shape index (κ3) is 9.45. The number of aliphatic hydroxyl groups excluding tert-OH is 1. The van der Waals surface area contributed by atoms with Crippen molar-refractivity contribution in [3.8, 4) is 0 Å². The Morgan fingerprint density at radius 2 is 1.94 bits per heavy atom. The van der Waals surface area contributed by atoms with Gasteiger partial charge in [0, 0.05) is 6.54 Å². The highest BCUT2D eigenvalue weighted by Crippen LogP contribution is 1.91. The summed E-state index contributed by atoms with van der Waals surface area (Å²) in [6.07, 6.45) is -4.25. The third-order valence-electron chi connectivity index (χ3n) is 1.52. The molecule has 0 spiro atoms. The van der Waals surface area contributed by atoms with E-state index >= 15 is 0 Å². The van der Waals surface area contributed by atoms with Crippen LogP contribution in [0.15, 0.2) is 0 Å². The molecule has 0 aromatic rings. The van der Waals surface area contributed by atoms with Gasteiger partial charge in [-0.3, -0.25) is 0 Å². The van der Waals surface area contributed by atoms with Gasteiger partial charge in [-0.25, -0.2) is 18.4 Å². The molecule has 0 heterocycles. The van der Waals surface area contributed by atoms with Gasteiger partial charge in [0.1, 0.15) is 6.61 Å². The molecule has 0 rings (SSSR count). The van der Waals surface area contributed by atoms with Crippen molar-refractivity contribution in [2.75, 3.05) is 26.3 Å². The Bertz CT molecular complexity index is 252. The molecule has 0 aromatic heterocycles. The van der Waals surface area contributed by atoms with Crippen molar-refractivity contribution < 1.29 is 33.3 Å². The Hall–Kier alpha value is -1.48. The highest BCUT2D eigenvalue weighted by Gasteiger charge is 2.13. The quantitative estimate of drug-likeness (QED) is 0.417. The molecule has 0 saturated heterocycles. The van der Waals surface area contributed by atoms with E-state index in [2.05, 4.69) is 15.4 Å². The molecule has 17 heavy (non-hydrogen) atoms. The van der Waals surface area contributed by atoms with Crippen LogP contribution in [-0.2, 0) is 9.53 Å². The van der Waals surface area contributed by atoms with Crippen molar-refractivity contribution in [2.24, 2.45) is 0 Å². The lowest BCUT2D eigenvalue weighted by molar-refractivity contribution is -0.146. The van der Waals surface area contributed by atoms with Gasteiger partial charge in [0.25, 0.3) is 6.43 Å². The molecule has 1 atom stereocenters. The van der Waals surface area contributed by atoms with E-state index < -0.39 is 37.7 Å². The molecule has 0 aliphatic rings. The van der Waals surface area contributed by atoms with Crippen molar-refractivity contribution in [1.82, 2.24) is 10.6 Å². The molecular weight excluding hydrogens is 242 g/mol. The van der Waals surface area contributed by atoms with Crippen molar-refractivity contribution in [3.63, 3.8) is 0 Å². The highest BCUT2D eigenvalue weighted by molar-refractivity contribution is 5.76. The maximum Gasteiger partial charge on any atom is 0.334 e. The van der Waals surface area contributed by atoms with Crippen LogP contribution < -0.4 is 10.6 Å². The maximum absolute atomic E-state index is 11.6. The molecule has 100 valence electrons. The van der Waals surface area contributed by atoms with E-state index in [9.17, 15) is 18.4 Å². The Balaban J connectivity index is 3.44. The summed E-state index contributed by atoms with van der Waals surface area (Å²) in [5.41, 5.74) is 0. The van der Waals surface area contributed by atoms with E-state index in [1.807, 2.05) is 0 Å². The van der Waals surface area contributed by atoms with Crippen LogP contribution in [0.5, 0.6) is 0 Å². The molecule has 0 aromatic carbocycles. The van der Waals surface area contributed by atoms with Gasteiger partial charge in [0.2, 0.25) is 0 Å². The summed E-state index contributed by atoms with van der Waals surface area (Å²) in [4.78, 5) is 21.1. The maximum atomic E-state index is 11.6. The highest BCUT2D eigenvalue weighted by atomic mass is 19.3. The van der Waals surface area contributed by atoms with E-state index in [1.54, 1.807) is 0 Å². The Kier molecular flexibility index (Phi) is 7.89. The first kappa shape index (κ1) is 15.5. The average molecular weight is 256 g/mol. The van der Waals surface area contributed by atoms with Crippen molar-refractivity contribution in [3.05, 3.63) is 0 Å². The topological polar surface area (TPSA) is 108 Å². The number of aliphatic hydroxyl groups is 1. The number of nitrogens with one attached hydrogen (secondary N) is 2. The number of urea groups is 1. The number of carboxylic acids is 1. The zero-order valence-electron chi connectivity index (χ0n) is 8.86. The summed E-state index contributed by atoms with van der Waals surface area (Å²) in [5, 5.41) is 21.4. The van der Waals surface area contributed by atoms with Crippen LogP contribution in [0.1, 0.15) is 0 Å². The second kappa shape index (κ2) is 8.65. The molecule has 0 aliphatic carbocycles. The number of amides is 2. The lowest BCUT2D eigenvalue weighted by Crippen LogP contribution is -2.43. The second-order valence-electron chi connectivity index (χ2n) is 2.96. The second-order valence-corrected chi connectivity index (χ2v) is 2.96. The summed E-state index contributed by atoms with van der Waals surface area (Å²) in [7, 11) is 0. The van der Waals surface area contributed by atoms with Crippen molar-refractivity contribution >= 4 is 12.0 Å². The van der Waals surface area contributed by atoms with Gasteiger partial charge in [-0.05, 0) is 0 Å². The fourth-order valence-electron chi connectivity index (χ4n) is 0.748. The largest absolute Gasteiger partial charge is 0.479 e. The normalized spacial score (nSPS) is 12.2. The number of aliphatic carboxylic acids is 1. The lowest BCUT2D eigenvalue weighted by Gasteiger charge is -2.09. The van der Waals surface area contributed by atoms with Crippen LogP contribution in [0.25, 0.3) is 0 Å². The molecule has 0 aliphatic heterocycles.